The SMILES string of the molecule is Fc1ccc(Br)c(CCCC(Cl)C2CC2)c1. The summed E-state index contributed by atoms with van der Waals surface area (Å²) in [5, 5.41) is 0.326. The predicted molar refractivity (Wildman–Crippen MR) is 69.4 cm³/mol. The van der Waals surface area contributed by atoms with Crippen molar-refractivity contribution < 1.29 is 4.39 Å². The Morgan fingerprint density at radius 3 is 2.88 bits per heavy atom. The van der Waals surface area contributed by atoms with Gasteiger partial charge in [0.15, 0.2) is 0 Å². The zero-order chi connectivity index (χ0) is 11.5. The maximum Gasteiger partial charge on any atom is 0.123 e. The van der Waals surface area contributed by atoms with Gasteiger partial charge in [-0.05, 0) is 61.8 Å². The van der Waals surface area contributed by atoms with Crippen LogP contribution in [0.5, 0.6) is 0 Å². The molecule has 0 aromatic heterocycles. The molecule has 1 unspecified atom stereocenters. The number of alkyl halides is 1. The number of aryl methyl sites for hydroxylation is 1. The Morgan fingerprint density at radius 2 is 2.19 bits per heavy atom. The maximum absolute atomic E-state index is 13.0. The molecule has 0 saturated heterocycles. The quantitative estimate of drug-likeness (QED) is 0.677. The summed E-state index contributed by atoms with van der Waals surface area (Å²) >= 11 is 9.67. The molecule has 0 heterocycles. The fourth-order valence-corrected chi connectivity index (χ4v) is 2.77. The average Bonchev–Trinajstić information content (AvgIpc) is 3.06. The van der Waals surface area contributed by atoms with Gasteiger partial charge in [0.05, 0.1) is 0 Å². The Morgan fingerprint density at radius 1 is 1.44 bits per heavy atom. The van der Waals surface area contributed by atoms with E-state index < -0.39 is 0 Å². The number of hydrogen-bond acceptors (Lipinski definition) is 0. The minimum atomic E-state index is -0.164. The topological polar surface area (TPSA) is 0 Å². The summed E-state index contributed by atoms with van der Waals surface area (Å²) in [4.78, 5) is 0. The standard InChI is InChI=1S/C13H15BrClF/c14-12-7-6-11(16)8-10(12)2-1-3-13(15)9-4-5-9/h6-9,13H,1-5H2. The normalized spacial score (nSPS) is 17.4. The van der Waals surface area contributed by atoms with E-state index in [9.17, 15) is 4.39 Å². The Bertz CT molecular complexity index is 363. The van der Waals surface area contributed by atoms with E-state index in [2.05, 4.69) is 15.9 Å². The minimum absolute atomic E-state index is 0.164. The van der Waals surface area contributed by atoms with E-state index in [4.69, 9.17) is 11.6 Å². The minimum Gasteiger partial charge on any atom is -0.207 e. The third kappa shape index (κ3) is 3.46. The molecule has 0 amide bonds. The van der Waals surface area contributed by atoms with Crippen LogP contribution >= 0.6 is 27.5 Å². The third-order valence-electron chi connectivity index (χ3n) is 3.07. The highest BCUT2D eigenvalue weighted by Crippen LogP contribution is 2.37. The fourth-order valence-electron chi connectivity index (χ4n) is 1.92. The van der Waals surface area contributed by atoms with Crippen LogP contribution in [0, 0.1) is 11.7 Å². The van der Waals surface area contributed by atoms with Gasteiger partial charge in [-0.25, -0.2) is 4.39 Å². The second-order valence-corrected chi connectivity index (χ2v) is 5.90. The van der Waals surface area contributed by atoms with Gasteiger partial charge >= 0.3 is 0 Å². The van der Waals surface area contributed by atoms with Crippen molar-refractivity contribution in [3.63, 3.8) is 0 Å². The van der Waals surface area contributed by atoms with Gasteiger partial charge < -0.3 is 0 Å². The van der Waals surface area contributed by atoms with Gasteiger partial charge in [0.1, 0.15) is 5.82 Å². The van der Waals surface area contributed by atoms with E-state index in [1.165, 1.54) is 18.9 Å². The van der Waals surface area contributed by atoms with Crippen molar-refractivity contribution in [3.05, 3.63) is 34.1 Å². The molecule has 1 aromatic carbocycles. The molecule has 1 atom stereocenters. The summed E-state index contributed by atoms with van der Waals surface area (Å²) in [6.07, 6.45) is 5.55. The first-order valence-corrected chi connectivity index (χ1v) is 6.98. The van der Waals surface area contributed by atoms with Crippen LogP contribution in [0.2, 0.25) is 0 Å². The van der Waals surface area contributed by atoms with Crippen LogP contribution in [0.3, 0.4) is 0 Å². The van der Waals surface area contributed by atoms with Crippen LogP contribution in [-0.4, -0.2) is 5.38 Å². The third-order valence-corrected chi connectivity index (χ3v) is 4.42. The molecule has 0 bridgehead atoms. The molecular formula is C13H15BrClF. The molecule has 1 aromatic rings. The molecule has 1 aliphatic carbocycles. The zero-order valence-electron chi connectivity index (χ0n) is 9.06. The summed E-state index contributed by atoms with van der Waals surface area (Å²) in [5.74, 6) is 0.584. The van der Waals surface area contributed by atoms with Gasteiger partial charge in [-0.1, -0.05) is 15.9 Å². The van der Waals surface area contributed by atoms with E-state index in [0.29, 0.717) is 5.38 Å². The van der Waals surface area contributed by atoms with E-state index in [1.54, 1.807) is 12.1 Å². The molecule has 0 nitrogen and oxygen atoms in total. The Kier molecular flexibility index (Phi) is 4.26. The monoisotopic (exact) mass is 304 g/mol. The van der Waals surface area contributed by atoms with Crippen LogP contribution in [0.1, 0.15) is 31.2 Å². The molecular weight excluding hydrogens is 290 g/mol. The Hall–Kier alpha value is -0.0800. The summed E-state index contributed by atoms with van der Waals surface area (Å²) in [7, 11) is 0. The Balaban J connectivity index is 1.81. The molecule has 2 rings (SSSR count). The molecule has 88 valence electrons. The van der Waals surface area contributed by atoms with Crippen molar-refractivity contribution >= 4 is 27.5 Å². The lowest BCUT2D eigenvalue weighted by Gasteiger charge is -2.08. The molecule has 1 saturated carbocycles. The fraction of sp³-hybridized carbons (Fsp3) is 0.538. The summed E-state index contributed by atoms with van der Waals surface area (Å²) in [6.45, 7) is 0. The Labute approximate surface area is 109 Å². The molecule has 0 spiro atoms. The van der Waals surface area contributed by atoms with Gasteiger partial charge in [-0.2, -0.15) is 0 Å². The first-order chi connectivity index (χ1) is 7.66. The van der Waals surface area contributed by atoms with E-state index in [1.807, 2.05) is 0 Å². The lowest BCUT2D eigenvalue weighted by atomic mass is 10.1. The molecule has 0 radical (unpaired) electrons. The summed E-state index contributed by atoms with van der Waals surface area (Å²) in [5.41, 5.74) is 1.04. The van der Waals surface area contributed by atoms with E-state index >= 15 is 0 Å². The van der Waals surface area contributed by atoms with E-state index in [0.717, 1.165) is 35.2 Å². The molecule has 16 heavy (non-hydrogen) atoms. The van der Waals surface area contributed by atoms with Gasteiger partial charge in [0, 0.05) is 9.85 Å². The first kappa shape index (κ1) is 12.4. The van der Waals surface area contributed by atoms with Crippen LogP contribution in [-0.2, 0) is 6.42 Å². The van der Waals surface area contributed by atoms with Gasteiger partial charge in [0.2, 0.25) is 0 Å². The average molecular weight is 306 g/mol. The lowest BCUT2D eigenvalue weighted by Crippen LogP contribution is -2.02. The summed E-state index contributed by atoms with van der Waals surface area (Å²) in [6, 6.07) is 4.84. The van der Waals surface area contributed by atoms with Gasteiger partial charge in [-0.15, -0.1) is 11.6 Å². The molecule has 1 fully saturated rings. The van der Waals surface area contributed by atoms with Crippen molar-refractivity contribution in [2.75, 3.05) is 0 Å². The van der Waals surface area contributed by atoms with Gasteiger partial charge in [-0.3, -0.25) is 0 Å². The van der Waals surface area contributed by atoms with Crippen molar-refractivity contribution in [1.29, 1.82) is 0 Å². The summed E-state index contributed by atoms with van der Waals surface area (Å²) < 4.78 is 14.0. The van der Waals surface area contributed by atoms with Crippen molar-refractivity contribution in [2.24, 2.45) is 5.92 Å². The van der Waals surface area contributed by atoms with Crippen LogP contribution in [0.15, 0.2) is 22.7 Å². The van der Waals surface area contributed by atoms with E-state index in [-0.39, 0.29) is 5.82 Å². The first-order valence-electron chi connectivity index (χ1n) is 5.75. The maximum atomic E-state index is 13.0. The highest BCUT2D eigenvalue weighted by molar-refractivity contribution is 9.10. The number of halogens is 3. The van der Waals surface area contributed by atoms with Crippen LogP contribution < -0.4 is 0 Å². The second-order valence-electron chi connectivity index (χ2n) is 4.48. The predicted octanol–water partition coefficient (Wildman–Crippen LogP) is 4.93. The molecule has 3 heteroatoms. The van der Waals surface area contributed by atoms with Crippen molar-refractivity contribution in [1.82, 2.24) is 0 Å². The smallest absolute Gasteiger partial charge is 0.123 e. The van der Waals surface area contributed by atoms with Crippen molar-refractivity contribution in [2.45, 2.75) is 37.5 Å². The highest BCUT2D eigenvalue weighted by atomic mass is 79.9. The molecule has 0 aliphatic heterocycles. The van der Waals surface area contributed by atoms with Gasteiger partial charge in [0.25, 0.3) is 0 Å². The second kappa shape index (κ2) is 5.50. The largest absolute Gasteiger partial charge is 0.207 e. The van der Waals surface area contributed by atoms with Crippen LogP contribution in [0.25, 0.3) is 0 Å². The molecule has 0 N–H and O–H groups in total. The number of hydrogen-bond donors (Lipinski definition) is 0. The van der Waals surface area contributed by atoms with Crippen molar-refractivity contribution in [3.8, 4) is 0 Å². The lowest BCUT2D eigenvalue weighted by molar-refractivity contribution is 0.616. The number of rotatable bonds is 5. The van der Waals surface area contributed by atoms with Crippen LogP contribution in [0.4, 0.5) is 4.39 Å². The highest BCUT2D eigenvalue weighted by Gasteiger charge is 2.28. The molecule has 1 aliphatic rings. The number of benzene rings is 1. The zero-order valence-corrected chi connectivity index (χ0v) is 11.4.